The maximum atomic E-state index is 12.2. The molecule has 3 amide bonds. The highest BCUT2D eigenvalue weighted by molar-refractivity contribution is 6.03. The molecular weight excluding hydrogens is 344 g/mol. The first-order chi connectivity index (χ1) is 12.5. The maximum Gasteiger partial charge on any atom is 0.418 e. The van der Waals surface area contributed by atoms with Crippen LogP contribution in [0.5, 0.6) is 0 Å². The number of guanidine groups is 1. The van der Waals surface area contributed by atoms with Gasteiger partial charge in [0.15, 0.2) is 0 Å². The van der Waals surface area contributed by atoms with Crippen molar-refractivity contribution in [3.8, 4) is 0 Å². The summed E-state index contributed by atoms with van der Waals surface area (Å²) in [5.74, 6) is -0.362. The molecule has 2 saturated heterocycles. The second kappa shape index (κ2) is 9.70. The predicted molar refractivity (Wildman–Crippen MR) is 91.3 cm³/mol. The van der Waals surface area contributed by atoms with Gasteiger partial charge in [-0.05, 0) is 6.42 Å². The Bertz CT molecular complexity index is 517. The first kappa shape index (κ1) is 20.4. The standard InChI is InChI=1S/C16H28N4O6/c1-2-3-4-5-6-7-25-16(24)20-10-19(15(23)18-14(20)17)13-8-11(22)12(9-21)26-13/h11-13,21-22H,2-10H2,1H3,(H2,17,18,23). The van der Waals surface area contributed by atoms with Crippen LogP contribution in [-0.2, 0) is 9.47 Å². The van der Waals surface area contributed by atoms with Crippen molar-refractivity contribution in [3.63, 3.8) is 0 Å². The summed E-state index contributed by atoms with van der Waals surface area (Å²) in [4.78, 5) is 26.5. The van der Waals surface area contributed by atoms with Crippen LogP contribution in [0.2, 0.25) is 0 Å². The molecule has 0 saturated carbocycles. The van der Waals surface area contributed by atoms with Crippen molar-refractivity contribution in [2.24, 2.45) is 0 Å². The molecule has 26 heavy (non-hydrogen) atoms. The molecule has 148 valence electrons. The summed E-state index contributed by atoms with van der Waals surface area (Å²) < 4.78 is 10.6. The van der Waals surface area contributed by atoms with Gasteiger partial charge in [-0.25, -0.2) is 14.5 Å². The molecule has 3 unspecified atom stereocenters. The van der Waals surface area contributed by atoms with E-state index in [1.165, 1.54) is 4.90 Å². The average Bonchev–Trinajstić information content (AvgIpc) is 2.98. The van der Waals surface area contributed by atoms with E-state index in [2.05, 4.69) is 12.2 Å². The summed E-state index contributed by atoms with van der Waals surface area (Å²) >= 11 is 0. The summed E-state index contributed by atoms with van der Waals surface area (Å²) in [6, 6.07) is -0.602. The third-order valence-corrected chi connectivity index (χ3v) is 4.48. The lowest BCUT2D eigenvalue weighted by Crippen LogP contribution is -2.63. The van der Waals surface area contributed by atoms with Gasteiger partial charge < -0.3 is 19.7 Å². The van der Waals surface area contributed by atoms with Crippen molar-refractivity contribution in [2.45, 2.75) is 63.9 Å². The van der Waals surface area contributed by atoms with Gasteiger partial charge in [0.1, 0.15) is 19.0 Å². The molecule has 0 aromatic heterocycles. The van der Waals surface area contributed by atoms with Gasteiger partial charge in [-0.1, -0.05) is 32.6 Å². The third kappa shape index (κ3) is 5.05. The number of hydrogen-bond acceptors (Lipinski definition) is 7. The predicted octanol–water partition coefficient (Wildman–Crippen LogP) is 0.781. The van der Waals surface area contributed by atoms with Crippen molar-refractivity contribution in [3.05, 3.63) is 0 Å². The minimum Gasteiger partial charge on any atom is -0.449 e. The largest absolute Gasteiger partial charge is 0.449 e. The zero-order valence-corrected chi connectivity index (χ0v) is 15.0. The lowest BCUT2D eigenvalue weighted by Gasteiger charge is -2.37. The number of unbranched alkanes of at least 4 members (excludes halogenated alkanes) is 4. The highest BCUT2D eigenvalue weighted by Gasteiger charge is 2.42. The first-order valence-electron chi connectivity index (χ1n) is 9.02. The van der Waals surface area contributed by atoms with E-state index in [0.29, 0.717) is 0 Å². The zero-order chi connectivity index (χ0) is 19.1. The number of aliphatic hydroxyl groups excluding tert-OH is 2. The van der Waals surface area contributed by atoms with E-state index in [1.54, 1.807) is 0 Å². The minimum atomic E-state index is -0.900. The number of carbonyl (C=O) groups is 2. The van der Waals surface area contributed by atoms with E-state index < -0.39 is 30.6 Å². The fraction of sp³-hybridized carbons (Fsp3) is 0.812. The number of nitrogens with zero attached hydrogens (tertiary/aromatic N) is 2. The fourth-order valence-corrected chi connectivity index (χ4v) is 2.91. The van der Waals surface area contributed by atoms with Crippen LogP contribution >= 0.6 is 0 Å². The van der Waals surface area contributed by atoms with Gasteiger partial charge in [-0.15, -0.1) is 0 Å². The Morgan fingerprint density at radius 1 is 1.38 bits per heavy atom. The summed E-state index contributed by atoms with van der Waals surface area (Å²) in [6.07, 6.45) is 2.02. The Balaban J connectivity index is 1.85. The van der Waals surface area contributed by atoms with Gasteiger partial charge in [-0.3, -0.25) is 15.6 Å². The molecule has 10 nitrogen and oxygen atoms in total. The lowest BCUT2D eigenvalue weighted by molar-refractivity contribution is -0.0722. The number of hydrogen-bond donors (Lipinski definition) is 4. The summed E-state index contributed by atoms with van der Waals surface area (Å²) in [7, 11) is 0. The number of amides is 3. The molecule has 0 radical (unpaired) electrons. The SMILES string of the molecule is CCCCCCCOC(=O)N1CN(C2CC(O)C(CO)O2)C(=O)NC1=N. The van der Waals surface area contributed by atoms with Crippen LogP contribution in [0.15, 0.2) is 0 Å². The molecule has 0 aromatic rings. The second-order valence-corrected chi connectivity index (χ2v) is 6.46. The van der Waals surface area contributed by atoms with Gasteiger partial charge in [-0.2, -0.15) is 0 Å². The highest BCUT2D eigenvalue weighted by atomic mass is 16.6. The Morgan fingerprint density at radius 3 is 2.77 bits per heavy atom. The van der Waals surface area contributed by atoms with Crippen molar-refractivity contribution < 1.29 is 29.3 Å². The Kier molecular flexibility index (Phi) is 7.61. The summed E-state index contributed by atoms with van der Waals surface area (Å²) in [6.45, 7) is 1.80. The molecule has 2 aliphatic rings. The molecule has 3 atom stereocenters. The van der Waals surface area contributed by atoms with E-state index in [4.69, 9.17) is 20.0 Å². The Morgan fingerprint density at radius 2 is 2.12 bits per heavy atom. The van der Waals surface area contributed by atoms with Crippen molar-refractivity contribution in [1.29, 1.82) is 5.41 Å². The maximum absolute atomic E-state index is 12.2. The number of carbonyl (C=O) groups excluding carboxylic acids is 2. The Hall–Kier alpha value is -1.91. The van der Waals surface area contributed by atoms with Gasteiger partial charge in [0, 0.05) is 6.42 Å². The molecule has 2 aliphatic heterocycles. The average molecular weight is 372 g/mol. The molecule has 2 heterocycles. The van der Waals surface area contributed by atoms with Gasteiger partial charge in [0.05, 0.1) is 19.3 Å². The van der Waals surface area contributed by atoms with Gasteiger partial charge in [0.25, 0.3) is 0 Å². The minimum absolute atomic E-state index is 0.117. The van der Waals surface area contributed by atoms with Crippen LogP contribution in [0, 0.1) is 5.41 Å². The summed E-state index contributed by atoms with van der Waals surface area (Å²) in [5, 5.41) is 29.0. The smallest absolute Gasteiger partial charge is 0.418 e. The van der Waals surface area contributed by atoms with E-state index in [0.717, 1.165) is 37.0 Å². The molecule has 0 aliphatic carbocycles. The van der Waals surface area contributed by atoms with Crippen LogP contribution in [0.4, 0.5) is 9.59 Å². The van der Waals surface area contributed by atoms with Crippen LogP contribution in [0.3, 0.4) is 0 Å². The molecule has 4 N–H and O–H groups in total. The molecular formula is C16H28N4O6. The van der Waals surface area contributed by atoms with Crippen LogP contribution in [0.25, 0.3) is 0 Å². The van der Waals surface area contributed by atoms with E-state index in [9.17, 15) is 14.7 Å². The number of urea groups is 1. The molecule has 2 fully saturated rings. The Labute approximate surface area is 152 Å². The number of aliphatic hydroxyl groups is 2. The molecule has 0 aromatic carbocycles. The quantitative estimate of drug-likeness (QED) is 0.465. The third-order valence-electron chi connectivity index (χ3n) is 4.48. The van der Waals surface area contributed by atoms with E-state index in [-0.39, 0.29) is 32.3 Å². The van der Waals surface area contributed by atoms with Gasteiger partial charge >= 0.3 is 12.1 Å². The molecule has 0 spiro atoms. The van der Waals surface area contributed by atoms with E-state index >= 15 is 0 Å². The van der Waals surface area contributed by atoms with Crippen molar-refractivity contribution in [1.82, 2.24) is 15.1 Å². The van der Waals surface area contributed by atoms with Crippen molar-refractivity contribution >= 4 is 18.1 Å². The topological polar surface area (TPSA) is 135 Å². The molecule has 2 rings (SSSR count). The fourth-order valence-electron chi connectivity index (χ4n) is 2.91. The number of nitrogens with one attached hydrogen (secondary N) is 2. The van der Waals surface area contributed by atoms with Crippen molar-refractivity contribution in [2.75, 3.05) is 19.9 Å². The second-order valence-electron chi connectivity index (χ2n) is 6.46. The van der Waals surface area contributed by atoms with Crippen LogP contribution < -0.4 is 5.32 Å². The monoisotopic (exact) mass is 372 g/mol. The zero-order valence-electron chi connectivity index (χ0n) is 15.0. The number of rotatable bonds is 8. The van der Waals surface area contributed by atoms with Crippen LogP contribution in [-0.4, -0.2) is 76.4 Å². The van der Waals surface area contributed by atoms with Crippen LogP contribution in [0.1, 0.15) is 45.4 Å². The highest BCUT2D eigenvalue weighted by Crippen LogP contribution is 2.24. The summed E-state index contributed by atoms with van der Waals surface area (Å²) in [5.41, 5.74) is 0. The van der Waals surface area contributed by atoms with Gasteiger partial charge in [0.2, 0.25) is 5.96 Å². The lowest BCUT2D eigenvalue weighted by atomic mass is 10.2. The van der Waals surface area contributed by atoms with E-state index in [1.807, 2.05) is 0 Å². The first-order valence-corrected chi connectivity index (χ1v) is 9.02. The molecule has 0 bridgehead atoms. The number of ether oxygens (including phenoxy) is 2. The molecule has 10 heteroatoms. The normalized spacial score (nSPS) is 26.2.